The van der Waals surface area contributed by atoms with E-state index in [9.17, 15) is 10.2 Å². The molecule has 2 nitrogen and oxygen atoms in total. The number of phenols is 1. The molecular weight excluding hydrogens is 272 g/mol. The van der Waals surface area contributed by atoms with Gasteiger partial charge in [0.05, 0.1) is 6.10 Å². The number of aliphatic hydroxyl groups excluding tert-OH is 1. The van der Waals surface area contributed by atoms with Crippen molar-refractivity contribution < 1.29 is 10.2 Å². The molecule has 2 N–H and O–H groups in total. The van der Waals surface area contributed by atoms with E-state index >= 15 is 0 Å². The van der Waals surface area contributed by atoms with E-state index in [0.29, 0.717) is 28.9 Å². The Kier molecular flexibility index (Phi) is 3.30. The third-order valence-corrected chi connectivity index (χ3v) is 7.16. The van der Waals surface area contributed by atoms with E-state index in [2.05, 4.69) is 19.9 Å². The van der Waals surface area contributed by atoms with Crippen molar-refractivity contribution in [3.63, 3.8) is 0 Å². The fraction of sp³-hybridized carbons (Fsp3) is 0.700. The lowest BCUT2D eigenvalue weighted by molar-refractivity contribution is 0.0247. The minimum absolute atomic E-state index is 0.0903. The SMILES string of the molecule is CC[C@H]1Cc2cc(O)ccc2[C@H]2CC[C@]3(C)C[C@H](O)C[C@H]3[C@H]12. The number of hydrogen-bond acceptors (Lipinski definition) is 2. The summed E-state index contributed by atoms with van der Waals surface area (Å²) in [6.45, 7) is 4.73. The molecule has 1 aromatic rings. The molecule has 0 heterocycles. The maximum atomic E-state index is 10.3. The van der Waals surface area contributed by atoms with Crippen LogP contribution in [0.1, 0.15) is 63.0 Å². The molecule has 0 spiro atoms. The van der Waals surface area contributed by atoms with Crippen LogP contribution in [0.15, 0.2) is 18.2 Å². The minimum Gasteiger partial charge on any atom is -0.508 e. The Labute approximate surface area is 133 Å². The second-order valence-electron chi connectivity index (χ2n) is 8.33. The quantitative estimate of drug-likeness (QED) is 0.814. The molecule has 120 valence electrons. The average Bonchev–Trinajstić information content (AvgIpc) is 2.79. The van der Waals surface area contributed by atoms with Gasteiger partial charge in [-0.3, -0.25) is 0 Å². The Morgan fingerprint density at radius 3 is 2.91 bits per heavy atom. The van der Waals surface area contributed by atoms with Crippen molar-refractivity contribution in [2.45, 2.75) is 64.4 Å². The summed E-state index contributed by atoms with van der Waals surface area (Å²) in [6.07, 6.45) is 6.71. The molecule has 4 rings (SSSR count). The molecule has 0 aliphatic heterocycles. The van der Waals surface area contributed by atoms with Gasteiger partial charge in [-0.05, 0) is 84.5 Å². The zero-order valence-corrected chi connectivity index (χ0v) is 13.8. The van der Waals surface area contributed by atoms with Gasteiger partial charge in [0.25, 0.3) is 0 Å². The third kappa shape index (κ3) is 2.03. The Morgan fingerprint density at radius 2 is 2.14 bits per heavy atom. The van der Waals surface area contributed by atoms with Gasteiger partial charge in [-0.1, -0.05) is 26.3 Å². The lowest BCUT2D eigenvalue weighted by atomic mass is 9.52. The molecule has 6 atom stereocenters. The molecular formula is C20H28O2. The summed E-state index contributed by atoms with van der Waals surface area (Å²) in [7, 11) is 0. The highest BCUT2D eigenvalue weighted by molar-refractivity contribution is 5.40. The van der Waals surface area contributed by atoms with Crippen LogP contribution in [0.5, 0.6) is 5.75 Å². The molecule has 0 saturated heterocycles. The largest absolute Gasteiger partial charge is 0.508 e. The number of aromatic hydroxyl groups is 1. The van der Waals surface area contributed by atoms with Gasteiger partial charge in [-0.15, -0.1) is 0 Å². The third-order valence-electron chi connectivity index (χ3n) is 7.16. The van der Waals surface area contributed by atoms with Crippen molar-refractivity contribution in [3.8, 4) is 5.75 Å². The van der Waals surface area contributed by atoms with Gasteiger partial charge in [0.1, 0.15) is 5.75 Å². The summed E-state index contributed by atoms with van der Waals surface area (Å²) in [5, 5.41) is 20.1. The first-order valence-electron chi connectivity index (χ1n) is 9.01. The predicted octanol–water partition coefficient (Wildman–Crippen LogP) is 4.25. The highest BCUT2D eigenvalue weighted by Crippen LogP contribution is 2.62. The second-order valence-corrected chi connectivity index (χ2v) is 8.33. The Balaban J connectivity index is 1.77. The van der Waals surface area contributed by atoms with E-state index in [1.54, 1.807) is 0 Å². The molecule has 0 radical (unpaired) electrons. The minimum atomic E-state index is -0.0903. The van der Waals surface area contributed by atoms with Crippen LogP contribution in [0.4, 0.5) is 0 Å². The second kappa shape index (κ2) is 4.99. The van der Waals surface area contributed by atoms with Crippen molar-refractivity contribution >= 4 is 0 Å². The maximum Gasteiger partial charge on any atom is 0.115 e. The molecule has 22 heavy (non-hydrogen) atoms. The van der Waals surface area contributed by atoms with Gasteiger partial charge in [0.15, 0.2) is 0 Å². The number of rotatable bonds is 1. The summed E-state index contributed by atoms with van der Waals surface area (Å²) >= 11 is 0. The van der Waals surface area contributed by atoms with Crippen LogP contribution >= 0.6 is 0 Å². The monoisotopic (exact) mass is 300 g/mol. The van der Waals surface area contributed by atoms with Crippen LogP contribution in [0.3, 0.4) is 0 Å². The number of hydrogen-bond donors (Lipinski definition) is 2. The van der Waals surface area contributed by atoms with Crippen LogP contribution in [0, 0.1) is 23.2 Å². The van der Waals surface area contributed by atoms with Crippen LogP contribution in [-0.4, -0.2) is 16.3 Å². The zero-order valence-electron chi connectivity index (χ0n) is 13.8. The van der Waals surface area contributed by atoms with Crippen molar-refractivity contribution in [1.29, 1.82) is 0 Å². The lowest BCUT2D eigenvalue weighted by Crippen LogP contribution is -2.43. The van der Waals surface area contributed by atoms with E-state index in [1.165, 1.54) is 30.4 Å². The lowest BCUT2D eigenvalue weighted by Gasteiger charge is -2.52. The molecule has 0 aromatic heterocycles. The van der Waals surface area contributed by atoms with Crippen LogP contribution in [0.2, 0.25) is 0 Å². The first kappa shape index (κ1) is 14.6. The van der Waals surface area contributed by atoms with E-state index in [4.69, 9.17) is 0 Å². The fourth-order valence-corrected chi connectivity index (χ4v) is 6.20. The highest BCUT2D eigenvalue weighted by Gasteiger charge is 2.54. The zero-order chi connectivity index (χ0) is 15.5. The Hall–Kier alpha value is -1.02. The Morgan fingerprint density at radius 1 is 1.32 bits per heavy atom. The van der Waals surface area contributed by atoms with E-state index in [0.717, 1.165) is 25.2 Å². The average molecular weight is 300 g/mol. The number of fused-ring (bicyclic) bond motifs is 5. The standard InChI is InChI=1S/C20H28O2/c1-3-12-8-13-9-14(21)4-5-16(13)17-6-7-20(2)11-15(22)10-18(20)19(12)17/h4-5,9,12,15,17-19,21-22H,3,6-8,10-11H2,1-2H3/t12-,15+,17+,18-,19+,20+/m0/s1. The topological polar surface area (TPSA) is 40.5 Å². The number of phenolic OH excluding ortho intramolecular Hbond substituents is 1. The normalized spacial score (nSPS) is 43.3. The number of aliphatic hydroxyl groups is 1. The molecule has 0 unspecified atom stereocenters. The van der Waals surface area contributed by atoms with Crippen LogP contribution in [0.25, 0.3) is 0 Å². The summed E-state index contributed by atoms with van der Waals surface area (Å²) < 4.78 is 0. The van der Waals surface area contributed by atoms with E-state index in [-0.39, 0.29) is 6.10 Å². The number of benzene rings is 1. The highest BCUT2D eigenvalue weighted by atomic mass is 16.3. The van der Waals surface area contributed by atoms with E-state index in [1.807, 2.05) is 12.1 Å². The summed E-state index contributed by atoms with van der Waals surface area (Å²) in [4.78, 5) is 0. The fourth-order valence-electron chi connectivity index (χ4n) is 6.20. The van der Waals surface area contributed by atoms with Gasteiger partial charge in [-0.2, -0.15) is 0 Å². The van der Waals surface area contributed by atoms with Gasteiger partial charge in [0, 0.05) is 0 Å². The molecule has 2 saturated carbocycles. The first-order chi connectivity index (χ1) is 10.5. The van der Waals surface area contributed by atoms with Crippen molar-refractivity contribution in [3.05, 3.63) is 29.3 Å². The molecule has 0 bridgehead atoms. The summed E-state index contributed by atoms with van der Waals surface area (Å²) in [6, 6.07) is 6.02. The molecule has 3 aliphatic rings. The molecule has 2 heteroatoms. The summed E-state index contributed by atoms with van der Waals surface area (Å²) in [5.74, 6) is 3.14. The van der Waals surface area contributed by atoms with Gasteiger partial charge < -0.3 is 10.2 Å². The smallest absolute Gasteiger partial charge is 0.115 e. The van der Waals surface area contributed by atoms with Crippen molar-refractivity contribution in [1.82, 2.24) is 0 Å². The van der Waals surface area contributed by atoms with Crippen molar-refractivity contribution in [2.24, 2.45) is 23.2 Å². The van der Waals surface area contributed by atoms with Gasteiger partial charge in [-0.25, -0.2) is 0 Å². The molecule has 3 aliphatic carbocycles. The van der Waals surface area contributed by atoms with Gasteiger partial charge in [0.2, 0.25) is 0 Å². The van der Waals surface area contributed by atoms with Crippen molar-refractivity contribution in [2.75, 3.05) is 0 Å². The van der Waals surface area contributed by atoms with Gasteiger partial charge >= 0.3 is 0 Å². The molecule has 1 aromatic carbocycles. The molecule has 0 amide bonds. The molecule has 2 fully saturated rings. The maximum absolute atomic E-state index is 10.3. The van der Waals surface area contributed by atoms with Crippen LogP contribution in [-0.2, 0) is 6.42 Å². The summed E-state index contributed by atoms with van der Waals surface area (Å²) in [5.41, 5.74) is 3.20. The van der Waals surface area contributed by atoms with E-state index < -0.39 is 0 Å². The predicted molar refractivity (Wildman–Crippen MR) is 87.9 cm³/mol. The Bertz CT molecular complexity index is 581. The first-order valence-corrected chi connectivity index (χ1v) is 9.01. The van der Waals surface area contributed by atoms with Crippen LogP contribution < -0.4 is 0 Å².